The predicted molar refractivity (Wildman–Crippen MR) is 73.1 cm³/mol. The minimum Gasteiger partial charge on any atom is -0.390 e. The van der Waals surface area contributed by atoms with E-state index in [9.17, 15) is 0 Å². The molecule has 15 heavy (non-hydrogen) atoms. The summed E-state index contributed by atoms with van der Waals surface area (Å²) >= 11 is 0. The van der Waals surface area contributed by atoms with Crippen LogP contribution in [0.3, 0.4) is 0 Å². The van der Waals surface area contributed by atoms with Gasteiger partial charge in [-0.25, -0.2) is 4.99 Å². The van der Waals surface area contributed by atoms with Crippen LogP contribution in [0.4, 0.5) is 0 Å². The van der Waals surface area contributed by atoms with Crippen molar-refractivity contribution < 1.29 is 0 Å². The molecule has 2 heteroatoms. The number of nitrogens with two attached hydrogens (primary N) is 1. The van der Waals surface area contributed by atoms with Gasteiger partial charge in [0.25, 0.3) is 0 Å². The maximum Gasteiger partial charge on any atom is 0.0860 e. The lowest BCUT2D eigenvalue weighted by molar-refractivity contribution is 1.29. The van der Waals surface area contributed by atoms with Crippen molar-refractivity contribution in [2.75, 3.05) is 0 Å². The smallest absolute Gasteiger partial charge is 0.0860 e. The first kappa shape index (κ1) is 19.3. The molecule has 0 bridgehead atoms. The molecule has 0 spiro atoms. The van der Waals surface area contributed by atoms with Crippen molar-refractivity contribution >= 4 is 6.34 Å². The van der Waals surface area contributed by atoms with Gasteiger partial charge in [-0.05, 0) is 19.4 Å². The number of allylic oxidation sites excluding steroid dienone is 3. The van der Waals surface area contributed by atoms with Gasteiger partial charge in [-0.1, -0.05) is 52.5 Å². The molecule has 0 amide bonds. The Labute approximate surface area is 95.3 Å². The van der Waals surface area contributed by atoms with E-state index in [4.69, 9.17) is 5.73 Å². The second-order valence-electron chi connectivity index (χ2n) is 2.40. The summed E-state index contributed by atoms with van der Waals surface area (Å²) in [4.78, 5) is 3.83. The normalized spacial score (nSPS) is 9.60. The third-order valence-electron chi connectivity index (χ3n) is 1.15. The summed E-state index contributed by atoms with van der Waals surface area (Å²) in [5.74, 6) is 0. The van der Waals surface area contributed by atoms with Gasteiger partial charge in [-0.15, -0.1) is 0 Å². The molecule has 0 heterocycles. The summed E-state index contributed by atoms with van der Waals surface area (Å²) in [6.07, 6.45) is 3.15. The zero-order chi connectivity index (χ0) is 12.9. The fourth-order valence-corrected chi connectivity index (χ4v) is 0.645. The lowest BCUT2D eigenvalue weighted by Crippen LogP contribution is -1.90. The second-order valence-corrected chi connectivity index (χ2v) is 2.40. The van der Waals surface area contributed by atoms with Gasteiger partial charge in [-0.2, -0.15) is 0 Å². The third kappa shape index (κ3) is 15.4. The van der Waals surface area contributed by atoms with E-state index < -0.39 is 0 Å². The summed E-state index contributed by atoms with van der Waals surface area (Å²) < 4.78 is 0. The molecule has 0 radical (unpaired) electrons. The van der Waals surface area contributed by atoms with E-state index in [1.54, 1.807) is 0 Å². The van der Waals surface area contributed by atoms with Crippen LogP contribution in [0.15, 0.2) is 41.1 Å². The Morgan fingerprint density at radius 3 is 1.73 bits per heavy atom. The average molecular weight is 210 g/mol. The quantitative estimate of drug-likeness (QED) is 0.426. The molecule has 0 aromatic carbocycles. The summed E-state index contributed by atoms with van der Waals surface area (Å²) in [6, 6.07) is 0. The van der Waals surface area contributed by atoms with Crippen molar-refractivity contribution in [2.24, 2.45) is 10.7 Å². The molecule has 0 atom stereocenters. The molecule has 0 rings (SSSR count). The molecule has 0 aliphatic heterocycles. The van der Waals surface area contributed by atoms with Gasteiger partial charge in [0, 0.05) is 0 Å². The topological polar surface area (TPSA) is 38.4 Å². The van der Waals surface area contributed by atoms with Crippen LogP contribution in [0.1, 0.15) is 41.5 Å². The zero-order valence-corrected chi connectivity index (χ0v) is 11.1. The number of nitrogens with zero attached hydrogens (tertiary/aromatic N) is 1. The Hall–Kier alpha value is -1.31. The highest BCUT2D eigenvalue weighted by molar-refractivity contribution is 5.55. The van der Waals surface area contributed by atoms with E-state index in [1.165, 1.54) is 6.34 Å². The Morgan fingerprint density at radius 2 is 1.47 bits per heavy atom. The predicted octanol–water partition coefficient (Wildman–Crippen LogP) is 4.06. The minimum absolute atomic E-state index is 0.676. The van der Waals surface area contributed by atoms with Crippen molar-refractivity contribution in [1.29, 1.82) is 0 Å². The van der Waals surface area contributed by atoms with Crippen LogP contribution < -0.4 is 5.73 Å². The largest absolute Gasteiger partial charge is 0.390 e. The highest BCUT2D eigenvalue weighted by Crippen LogP contribution is 2.09. The fourth-order valence-electron chi connectivity index (χ4n) is 0.645. The van der Waals surface area contributed by atoms with Gasteiger partial charge in [0.05, 0.1) is 12.0 Å². The molecule has 88 valence electrons. The first-order valence-electron chi connectivity index (χ1n) is 5.35. The number of hydrogen-bond acceptors (Lipinski definition) is 1. The minimum atomic E-state index is 0.676. The first-order chi connectivity index (χ1) is 7.07. The van der Waals surface area contributed by atoms with E-state index in [1.807, 2.05) is 47.6 Å². The van der Waals surface area contributed by atoms with Crippen molar-refractivity contribution in [3.63, 3.8) is 0 Å². The SMILES string of the molecule is C=C(C)/C=C(/C)C(=C)N=CN.CC.CC. The van der Waals surface area contributed by atoms with Gasteiger partial charge in [-0.3, -0.25) is 0 Å². The molecule has 0 aliphatic rings. The van der Waals surface area contributed by atoms with Crippen molar-refractivity contribution in [3.8, 4) is 0 Å². The van der Waals surface area contributed by atoms with Crippen molar-refractivity contribution in [3.05, 3.63) is 36.1 Å². The molecule has 2 nitrogen and oxygen atoms in total. The van der Waals surface area contributed by atoms with E-state index in [-0.39, 0.29) is 0 Å². The van der Waals surface area contributed by atoms with Crippen molar-refractivity contribution in [1.82, 2.24) is 0 Å². The van der Waals surface area contributed by atoms with E-state index in [2.05, 4.69) is 18.2 Å². The van der Waals surface area contributed by atoms with Crippen LogP contribution in [0, 0.1) is 0 Å². The molecule has 2 N–H and O–H groups in total. The molecule has 0 aliphatic carbocycles. The molecule has 0 saturated heterocycles. The van der Waals surface area contributed by atoms with Crippen molar-refractivity contribution in [2.45, 2.75) is 41.5 Å². The van der Waals surface area contributed by atoms with Crippen LogP contribution >= 0.6 is 0 Å². The van der Waals surface area contributed by atoms with E-state index in [0.717, 1.165) is 11.1 Å². The first-order valence-corrected chi connectivity index (χ1v) is 5.35. The van der Waals surface area contributed by atoms with Gasteiger partial charge in [0.15, 0.2) is 0 Å². The molecular weight excluding hydrogens is 184 g/mol. The van der Waals surface area contributed by atoms with Crippen LogP contribution in [0.5, 0.6) is 0 Å². The molecule has 0 fully saturated rings. The summed E-state index contributed by atoms with van der Waals surface area (Å²) in [7, 11) is 0. The number of rotatable bonds is 3. The van der Waals surface area contributed by atoms with Crippen LogP contribution in [0.25, 0.3) is 0 Å². The molecule has 0 aromatic rings. The Morgan fingerprint density at radius 1 is 1.07 bits per heavy atom. The van der Waals surface area contributed by atoms with E-state index in [0.29, 0.717) is 5.70 Å². The zero-order valence-electron chi connectivity index (χ0n) is 11.1. The third-order valence-corrected chi connectivity index (χ3v) is 1.15. The Balaban J connectivity index is -0.000000318. The molecular formula is C13H26N2. The second kappa shape index (κ2) is 15.2. The van der Waals surface area contributed by atoms with Crippen LogP contribution in [0.2, 0.25) is 0 Å². The highest BCUT2D eigenvalue weighted by atomic mass is 14.8. The molecule has 0 unspecified atom stereocenters. The molecule has 0 aromatic heterocycles. The monoisotopic (exact) mass is 210 g/mol. The number of aliphatic imine (C=N–C) groups is 1. The lowest BCUT2D eigenvalue weighted by atomic mass is 10.2. The highest BCUT2D eigenvalue weighted by Gasteiger charge is 1.91. The maximum absolute atomic E-state index is 5.10. The standard InChI is InChI=1S/C9H14N2.2C2H6/c1-7(2)5-8(3)9(4)11-6-10;2*1-2/h5-6H,1,4H2,2-3H3,(H2,10,11);2*1-2H3/b8-5-;;. The summed E-state index contributed by atoms with van der Waals surface area (Å²) in [5, 5.41) is 0. The van der Waals surface area contributed by atoms with Crippen LogP contribution in [-0.4, -0.2) is 6.34 Å². The van der Waals surface area contributed by atoms with Crippen LogP contribution in [-0.2, 0) is 0 Å². The average Bonchev–Trinajstić information content (AvgIpc) is 2.23. The lowest BCUT2D eigenvalue weighted by Gasteiger charge is -1.97. The van der Waals surface area contributed by atoms with E-state index >= 15 is 0 Å². The van der Waals surface area contributed by atoms with Gasteiger partial charge in [0.1, 0.15) is 0 Å². The van der Waals surface area contributed by atoms with Gasteiger partial charge >= 0.3 is 0 Å². The summed E-state index contributed by atoms with van der Waals surface area (Å²) in [6.45, 7) is 19.3. The van der Waals surface area contributed by atoms with Gasteiger partial charge in [0.2, 0.25) is 0 Å². The summed E-state index contributed by atoms with van der Waals surface area (Å²) in [5.41, 5.74) is 7.74. The Bertz CT molecular complexity index is 223. The Kier molecular flexibility index (Phi) is 19.5. The number of hydrogen-bond donors (Lipinski definition) is 1. The maximum atomic E-state index is 5.10. The molecule has 0 saturated carbocycles. The fraction of sp³-hybridized carbons (Fsp3) is 0.462. The van der Waals surface area contributed by atoms with Gasteiger partial charge < -0.3 is 5.73 Å².